The Hall–Kier alpha value is -3.12. The van der Waals surface area contributed by atoms with Gasteiger partial charge in [0, 0.05) is 5.69 Å². The summed E-state index contributed by atoms with van der Waals surface area (Å²) < 4.78 is 43.3. The molecule has 0 fully saturated rings. The molecule has 12 heteroatoms. The van der Waals surface area contributed by atoms with Crippen molar-refractivity contribution < 1.29 is 27.5 Å². The molecule has 0 aliphatic heterocycles. The molecule has 31 heavy (non-hydrogen) atoms. The number of hydrogen-bond donors (Lipinski definition) is 2. The van der Waals surface area contributed by atoms with E-state index in [9.17, 15) is 22.8 Å². The van der Waals surface area contributed by atoms with Crippen LogP contribution in [0.5, 0.6) is 5.75 Å². The third-order valence-electron chi connectivity index (χ3n) is 3.80. The van der Waals surface area contributed by atoms with Crippen LogP contribution in [0, 0.1) is 0 Å². The van der Waals surface area contributed by atoms with Crippen molar-refractivity contribution in [2.45, 2.75) is 10.5 Å². The lowest BCUT2D eigenvalue weighted by atomic mass is 10.2. The fraction of sp³-hybridized carbons (Fsp3) is 0.158. The third kappa shape index (κ3) is 6.18. The fourth-order valence-electron chi connectivity index (χ4n) is 2.38. The van der Waals surface area contributed by atoms with Crippen LogP contribution >= 0.6 is 23.1 Å². The minimum absolute atomic E-state index is 0.0316. The molecule has 2 N–H and O–H groups in total. The Morgan fingerprint density at radius 2 is 1.77 bits per heavy atom. The van der Waals surface area contributed by atoms with E-state index in [4.69, 9.17) is 4.74 Å². The molecule has 0 saturated carbocycles. The summed E-state index contributed by atoms with van der Waals surface area (Å²) in [7, 11) is 1.46. The highest BCUT2D eigenvalue weighted by Gasteiger charge is 2.30. The number of thioether (sulfide) groups is 1. The summed E-state index contributed by atoms with van der Waals surface area (Å²) in [6.07, 6.45) is -4.44. The fourth-order valence-corrected chi connectivity index (χ4v) is 3.93. The Kier molecular flexibility index (Phi) is 7.13. The van der Waals surface area contributed by atoms with Crippen molar-refractivity contribution in [1.82, 2.24) is 10.2 Å². The van der Waals surface area contributed by atoms with Gasteiger partial charge in [-0.15, -0.1) is 10.2 Å². The number of methoxy groups -OCH3 is 1. The van der Waals surface area contributed by atoms with Gasteiger partial charge in [-0.2, -0.15) is 13.2 Å². The minimum Gasteiger partial charge on any atom is -0.496 e. The van der Waals surface area contributed by atoms with Crippen molar-refractivity contribution in [1.29, 1.82) is 0 Å². The molecule has 3 aromatic rings. The molecule has 162 valence electrons. The van der Waals surface area contributed by atoms with Gasteiger partial charge in [0.15, 0.2) is 4.34 Å². The average Bonchev–Trinajstić information content (AvgIpc) is 3.19. The van der Waals surface area contributed by atoms with E-state index < -0.39 is 23.6 Å². The molecule has 0 unspecified atom stereocenters. The van der Waals surface area contributed by atoms with Gasteiger partial charge < -0.3 is 10.1 Å². The predicted octanol–water partition coefficient (Wildman–Crippen LogP) is 4.55. The second kappa shape index (κ2) is 9.79. The highest BCUT2D eigenvalue weighted by molar-refractivity contribution is 8.01. The Labute approximate surface area is 183 Å². The lowest BCUT2D eigenvalue weighted by molar-refractivity contribution is -0.137. The van der Waals surface area contributed by atoms with Gasteiger partial charge in [-0.1, -0.05) is 35.2 Å². The van der Waals surface area contributed by atoms with Gasteiger partial charge in [0.1, 0.15) is 5.75 Å². The summed E-state index contributed by atoms with van der Waals surface area (Å²) in [6, 6.07) is 10.9. The first-order valence-electron chi connectivity index (χ1n) is 8.64. The van der Waals surface area contributed by atoms with E-state index in [1.165, 1.54) is 19.2 Å². The van der Waals surface area contributed by atoms with Crippen LogP contribution in [0.4, 0.5) is 24.0 Å². The van der Waals surface area contributed by atoms with Gasteiger partial charge in [-0.3, -0.25) is 14.9 Å². The number of halogens is 3. The monoisotopic (exact) mass is 468 g/mol. The Morgan fingerprint density at radius 1 is 1.06 bits per heavy atom. The molecule has 0 radical (unpaired) electrons. The molecule has 0 aliphatic rings. The predicted molar refractivity (Wildman–Crippen MR) is 112 cm³/mol. The Morgan fingerprint density at radius 3 is 2.45 bits per heavy atom. The number of carbonyl (C=O) groups excluding carboxylic acids is 2. The van der Waals surface area contributed by atoms with Crippen molar-refractivity contribution in [3.8, 4) is 5.75 Å². The van der Waals surface area contributed by atoms with Gasteiger partial charge in [0.2, 0.25) is 11.0 Å². The van der Waals surface area contributed by atoms with E-state index in [0.29, 0.717) is 15.7 Å². The average molecular weight is 468 g/mol. The van der Waals surface area contributed by atoms with Crippen LogP contribution in [0.3, 0.4) is 0 Å². The molecule has 1 heterocycles. The van der Waals surface area contributed by atoms with Crippen LogP contribution in [0.15, 0.2) is 52.9 Å². The molecule has 0 spiro atoms. The van der Waals surface area contributed by atoms with Gasteiger partial charge in [-0.05, 0) is 36.4 Å². The molecule has 1 aromatic heterocycles. The molecule has 0 aliphatic carbocycles. The van der Waals surface area contributed by atoms with Crippen LogP contribution < -0.4 is 15.4 Å². The van der Waals surface area contributed by atoms with Crippen LogP contribution in [0.1, 0.15) is 15.9 Å². The summed E-state index contributed by atoms with van der Waals surface area (Å²) in [5.74, 6) is -0.445. The standard InChI is InChI=1S/C19H15F3N4O3S2/c1-29-14-5-3-2-4-13(14)16(28)24-17-25-26-18(31-17)30-10-15(27)23-12-8-6-11(7-9-12)19(20,21)22/h2-9H,10H2,1H3,(H,23,27)(H,24,25,28). The Bertz CT molecular complexity index is 1070. The van der Waals surface area contributed by atoms with E-state index in [1.54, 1.807) is 24.3 Å². The summed E-state index contributed by atoms with van der Waals surface area (Å²) in [6.45, 7) is 0. The molecule has 0 saturated heterocycles. The lowest BCUT2D eigenvalue weighted by Gasteiger charge is -2.08. The number of hydrogen-bond acceptors (Lipinski definition) is 7. The molecule has 7 nitrogen and oxygen atoms in total. The second-order valence-corrected chi connectivity index (χ2v) is 8.14. The van der Waals surface area contributed by atoms with Crippen molar-refractivity contribution in [3.05, 3.63) is 59.7 Å². The number of alkyl halides is 3. The van der Waals surface area contributed by atoms with Gasteiger partial charge in [0.05, 0.1) is 24.0 Å². The smallest absolute Gasteiger partial charge is 0.416 e. The van der Waals surface area contributed by atoms with E-state index in [0.717, 1.165) is 35.2 Å². The van der Waals surface area contributed by atoms with Crippen molar-refractivity contribution in [3.63, 3.8) is 0 Å². The molecule has 2 amide bonds. The normalized spacial score (nSPS) is 11.1. The largest absolute Gasteiger partial charge is 0.496 e. The first-order chi connectivity index (χ1) is 14.8. The summed E-state index contributed by atoms with van der Waals surface area (Å²) in [5.41, 5.74) is -0.206. The highest BCUT2D eigenvalue weighted by Crippen LogP contribution is 2.30. The highest BCUT2D eigenvalue weighted by atomic mass is 32.2. The molecule has 2 aromatic carbocycles. The number of para-hydroxylation sites is 1. The molecule has 0 atom stereocenters. The molecule has 3 rings (SSSR count). The number of ether oxygens (including phenoxy) is 1. The number of nitrogens with zero attached hydrogens (tertiary/aromatic N) is 2. The van der Waals surface area contributed by atoms with E-state index in [1.807, 2.05) is 0 Å². The number of amides is 2. The number of nitrogens with one attached hydrogen (secondary N) is 2. The zero-order valence-corrected chi connectivity index (χ0v) is 17.5. The zero-order valence-electron chi connectivity index (χ0n) is 15.9. The second-order valence-electron chi connectivity index (χ2n) is 5.94. The number of anilines is 2. The van der Waals surface area contributed by atoms with Crippen LogP contribution in [0.25, 0.3) is 0 Å². The number of aromatic nitrogens is 2. The van der Waals surface area contributed by atoms with Gasteiger partial charge >= 0.3 is 6.18 Å². The summed E-state index contributed by atoms with van der Waals surface area (Å²) in [5, 5.41) is 13.2. The van der Waals surface area contributed by atoms with Crippen LogP contribution in [-0.4, -0.2) is 34.9 Å². The molecular weight excluding hydrogens is 453 g/mol. The van der Waals surface area contributed by atoms with E-state index in [2.05, 4.69) is 20.8 Å². The van der Waals surface area contributed by atoms with E-state index >= 15 is 0 Å². The first-order valence-corrected chi connectivity index (χ1v) is 10.4. The topological polar surface area (TPSA) is 93.2 Å². The maximum absolute atomic E-state index is 12.6. The maximum atomic E-state index is 12.6. The van der Waals surface area contributed by atoms with Gasteiger partial charge in [0.25, 0.3) is 5.91 Å². The SMILES string of the molecule is COc1ccccc1C(=O)Nc1nnc(SCC(=O)Nc2ccc(C(F)(F)F)cc2)s1. The van der Waals surface area contributed by atoms with Crippen molar-refractivity contribution in [2.24, 2.45) is 0 Å². The van der Waals surface area contributed by atoms with E-state index in [-0.39, 0.29) is 16.6 Å². The van der Waals surface area contributed by atoms with Crippen LogP contribution in [-0.2, 0) is 11.0 Å². The molecular formula is C19H15F3N4O3S2. The van der Waals surface area contributed by atoms with Gasteiger partial charge in [-0.25, -0.2) is 0 Å². The minimum atomic E-state index is -4.44. The third-order valence-corrected chi connectivity index (χ3v) is 5.77. The Balaban J connectivity index is 1.52. The summed E-state index contributed by atoms with van der Waals surface area (Å²) in [4.78, 5) is 24.4. The van der Waals surface area contributed by atoms with Crippen molar-refractivity contribution >= 4 is 45.7 Å². The number of rotatable bonds is 7. The van der Waals surface area contributed by atoms with Crippen LogP contribution in [0.2, 0.25) is 0 Å². The quantitative estimate of drug-likeness (QED) is 0.390. The maximum Gasteiger partial charge on any atom is 0.416 e. The lowest BCUT2D eigenvalue weighted by Crippen LogP contribution is -2.14. The first kappa shape index (κ1) is 22.6. The number of benzene rings is 2. The number of carbonyl (C=O) groups is 2. The van der Waals surface area contributed by atoms with Crippen molar-refractivity contribution in [2.75, 3.05) is 23.5 Å². The zero-order chi connectivity index (χ0) is 22.4. The molecule has 0 bridgehead atoms. The summed E-state index contributed by atoms with van der Waals surface area (Å²) >= 11 is 2.17.